The average Bonchev–Trinajstić information content (AvgIpc) is 3.42. The quantitative estimate of drug-likeness (QED) is 0.177. The Bertz CT molecular complexity index is 2290. The van der Waals surface area contributed by atoms with Crippen molar-refractivity contribution < 1.29 is 0 Å². The van der Waals surface area contributed by atoms with Gasteiger partial charge in [-0.1, -0.05) is 97.1 Å². The molecule has 2 heterocycles. The SMILES string of the molecule is C1=CC2Sc3ccccc3SC2c2c3c(n(-c4ccc5c6ccccc6c6ccccc6c5c4)c21)CCc1ccccc1-3. The van der Waals surface area contributed by atoms with E-state index < -0.39 is 0 Å². The third kappa shape index (κ3) is 3.44. The number of aromatic nitrogens is 1. The molecule has 1 nitrogen and oxygen atoms in total. The molecule has 0 saturated carbocycles. The molecular formula is C40H27NS2. The summed E-state index contributed by atoms with van der Waals surface area (Å²) >= 11 is 4.09. The predicted octanol–water partition coefficient (Wildman–Crippen LogP) is 11.0. The maximum Gasteiger partial charge on any atom is 0.0529 e. The van der Waals surface area contributed by atoms with Gasteiger partial charge in [-0.3, -0.25) is 0 Å². The molecular weight excluding hydrogens is 559 g/mol. The minimum atomic E-state index is 0.381. The van der Waals surface area contributed by atoms with E-state index in [2.05, 4.69) is 144 Å². The third-order valence-electron chi connectivity index (χ3n) is 9.64. The van der Waals surface area contributed by atoms with Crippen LogP contribution < -0.4 is 0 Å². The highest BCUT2D eigenvalue weighted by molar-refractivity contribution is 8.06. The summed E-state index contributed by atoms with van der Waals surface area (Å²) in [4.78, 5) is 2.81. The highest BCUT2D eigenvalue weighted by atomic mass is 32.2. The van der Waals surface area contributed by atoms with Gasteiger partial charge in [0.05, 0.1) is 10.9 Å². The van der Waals surface area contributed by atoms with E-state index in [1.54, 1.807) is 0 Å². The molecule has 0 radical (unpaired) electrons. The maximum absolute atomic E-state index is 2.61. The smallest absolute Gasteiger partial charge is 0.0529 e. The average molecular weight is 586 g/mol. The molecule has 10 rings (SSSR count). The zero-order chi connectivity index (χ0) is 28.1. The van der Waals surface area contributed by atoms with E-state index in [1.165, 1.54) is 81.4 Å². The van der Waals surface area contributed by atoms with Crippen LogP contribution in [0.25, 0.3) is 55.2 Å². The number of thioether (sulfide) groups is 2. The summed E-state index contributed by atoms with van der Waals surface area (Å²) in [7, 11) is 0. The van der Waals surface area contributed by atoms with Gasteiger partial charge in [-0.2, -0.15) is 0 Å². The van der Waals surface area contributed by atoms with Crippen LogP contribution in [0, 0.1) is 0 Å². The number of nitrogens with zero attached hydrogens (tertiary/aromatic N) is 1. The molecule has 0 spiro atoms. The molecule has 3 aliphatic rings. The zero-order valence-electron chi connectivity index (χ0n) is 23.5. The van der Waals surface area contributed by atoms with Crippen molar-refractivity contribution in [1.82, 2.24) is 4.57 Å². The number of aryl methyl sites for hydroxylation is 1. The normalized spacial score (nSPS) is 18.2. The van der Waals surface area contributed by atoms with Gasteiger partial charge in [0.25, 0.3) is 0 Å². The lowest BCUT2D eigenvalue weighted by Gasteiger charge is -2.34. The molecule has 3 heteroatoms. The summed E-state index contributed by atoms with van der Waals surface area (Å²) in [6, 6.07) is 43.0. The molecule has 204 valence electrons. The topological polar surface area (TPSA) is 4.93 Å². The van der Waals surface area contributed by atoms with Gasteiger partial charge < -0.3 is 4.57 Å². The summed E-state index contributed by atoms with van der Waals surface area (Å²) in [5.74, 6) is 0. The summed E-state index contributed by atoms with van der Waals surface area (Å²) < 4.78 is 2.61. The fourth-order valence-corrected chi connectivity index (χ4v) is 10.7. The standard InChI is InChI=1S/C40H27NS2/c1-2-10-26-24(9-1)17-20-33-38(26)39-34(21-22-37-40(39)43-36-16-8-7-15-35(36)42-37)41(33)25-18-19-31-29-13-4-3-11-27(29)28-12-5-6-14-30(28)32(31)23-25/h1-16,18-19,21-23,37,40H,17,20H2. The molecule has 0 amide bonds. The Hall–Kier alpha value is -4.18. The first-order valence-corrected chi connectivity index (χ1v) is 16.9. The summed E-state index contributed by atoms with van der Waals surface area (Å²) in [5.41, 5.74) is 9.99. The Morgan fingerprint density at radius 1 is 0.581 bits per heavy atom. The maximum atomic E-state index is 2.61. The zero-order valence-corrected chi connectivity index (χ0v) is 25.1. The Kier molecular flexibility index (Phi) is 5.17. The second-order valence-electron chi connectivity index (χ2n) is 11.9. The van der Waals surface area contributed by atoms with Crippen LogP contribution in [0.3, 0.4) is 0 Å². The van der Waals surface area contributed by atoms with Crippen LogP contribution >= 0.6 is 23.5 Å². The van der Waals surface area contributed by atoms with Gasteiger partial charge in [-0.05, 0) is 86.6 Å². The molecule has 2 aliphatic carbocycles. The minimum absolute atomic E-state index is 0.381. The minimum Gasteiger partial charge on any atom is -0.313 e. The molecule has 43 heavy (non-hydrogen) atoms. The van der Waals surface area contributed by atoms with Crippen LogP contribution in [0.4, 0.5) is 0 Å². The molecule has 1 aromatic heterocycles. The Balaban J connectivity index is 1.27. The van der Waals surface area contributed by atoms with Crippen molar-refractivity contribution in [2.24, 2.45) is 0 Å². The lowest BCUT2D eigenvalue weighted by molar-refractivity contribution is 0.850. The van der Waals surface area contributed by atoms with Gasteiger partial charge in [-0.15, -0.1) is 23.5 Å². The van der Waals surface area contributed by atoms with Gasteiger partial charge in [0.2, 0.25) is 0 Å². The van der Waals surface area contributed by atoms with Crippen molar-refractivity contribution in [1.29, 1.82) is 0 Å². The van der Waals surface area contributed by atoms with E-state index in [-0.39, 0.29) is 0 Å². The fraction of sp³-hybridized carbons (Fsp3) is 0.100. The number of fused-ring (bicyclic) bond motifs is 14. The van der Waals surface area contributed by atoms with E-state index in [1.807, 2.05) is 11.8 Å². The van der Waals surface area contributed by atoms with E-state index in [0.717, 1.165) is 12.8 Å². The monoisotopic (exact) mass is 585 g/mol. The first kappa shape index (κ1) is 24.3. The van der Waals surface area contributed by atoms with Crippen molar-refractivity contribution in [3.8, 4) is 16.8 Å². The second-order valence-corrected chi connectivity index (χ2v) is 14.3. The summed E-state index contributed by atoms with van der Waals surface area (Å²) in [6.07, 6.45) is 7.03. The number of hydrogen-bond donors (Lipinski definition) is 0. The largest absolute Gasteiger partial charge is 0.313 e. The van der Waals surface area contributed by atoms with Crippen molar-refractivity contribution >= 4 is 61.9 Å². The number of rotatable bonds is 1. The van der Waals surface area contributed by atoms with Crippen LogP contribution in [0.1, 0.15) is 27.8 Å². The fourth-order valence-electron chi connectivity index (χ4n) is 7.82. The van der Waals surface area contributed by atoms with E-state index in [4.69, 9.17) is 0 Å². The van der Waals surface area contributed by atoms with Crippen molar-refractivity contribution in [2.45, 2.75) is 33.1 Å². The first-order valence-electron chi connectivity index (χ1n) is 15.1. The number of benzene rings is 6. The van der Waals surface area contributed by atoms with Crippen molar-refractivity contribution in [2.75, 3.05) is 0 Å². The highest BCUT2D eigenvalue weighted by Crippen LogP contribution is 2.59. The lowest BCUT2D eigenvalue weighted by atomic mass is 9.85. The summed E-state index contributed by atoms with van der Waals surface area (Å²) in [5, 5.41) is 8.75. The van der Waals surface area contributed by atoms with E-state index in [0.29, 0.717) is 10.5 Å². The van der Waals surface area contributed by atoms with Crippen LogP contribution in [-0.2, 0) is 12.8 Å². The van der Waals surface area contributed by atoms with E-state index in [9.17, 15) is 0 Å². The molecule has 2 unspecified atom stereocenters. The molecule has 7 aromatic rings. The Morgan fingerprint density at radius 3 is 1.98 bits per heavy atom. The molecule has 0 N–H and O–H groups in total. The van der Waals surface area contributed by atoms with Crippen LogP contribution in [0.5, 0.6) is 0 Å². The molecule has 6 aromatic carbocycles. The Morgan fingerprint density at radius 2 is 1.21 bits per heavy atom. The summed E-state index contributed by atoms with van der Waals surface area (Å²) in [6.45, 7) is 0. The molecule has 0 saturated heterocycles. The van der Waals surface area contributed by atoms with Crippen LogP contribution in [-0.4, -0.2) is 9.82 Å². The number of hydrogen-bond acceptors (Lipinski definition) is 2. The lowest BCUT2D eigenvalue weighted by Crippen LogP contribution is -2.18. The Labute approximate surface area is 259 Å². The van der Waals surface area contributed by atoms with Crippen molar-refractivity contribution in [3.05, 3.63) is 144 Å². The predicted molar refractivity (Wildman–Crippen MR) is 185 cm³/mol. The molecule has 0 bridgehead atoms. The van der Waals surface area contributed by atoms with Gasteiger partial charge in [0.1, 0.15) is 0 Å². The molecule has 0 fully saturated rings. The van der Waals surface area contributed by atoms with Gasteiger partial charge >= 0.3 is 0 Å². The van der Waals surface area contributed by atoms with Crippen molar-refractivity contribution in [3.63, 3.8) is 0 Å². The van der Waals surface area contributed by atoms with Gasteiger partial charge in [0, 0.05) is 37.5 Å². The molecule has 2 atom stereocenters. The first-order chi connectivity index (χ1) is 21.3. The van der Waals surface area contributed by atoms with Crippen LogP contribution in [0.15, 0.2) is 131 Å². The second kappa shape index (κ2) is 9.16. The van der Waals surface area contributed by atoms with Crippen LogP contribution in [0.2, 0.25) is 0 Å². The third-order valence-corrected chi connectivity index (χ3v) is 12.6. The highest BCUT2D eigenvalue weighted by Gasteiger charge is 2.39. The van der Waals surface area contributed by atoms with Gasteiger partial charge in [0.15, 0.2) is 0 Å². The van der Waals surface area contributed by atoms with Gasteiger partial charge in [-0.25, -0.2) is 0 Å². The van der Waals surface area contributed by atoms with E-state index >= 15 is 0 Å². The molecule has 1 aliphatic heterocycles.